The molecule has 2 aliphatic rings. The Bertz CT molecular complexity index is 921. The van der Waals surface area contributed by atoms with Crippen LogP contribution in [0.2, 0.25) is 0 Å². The molecule has 1 saturated heterocycles. The molecule has 0 aromatic heterocycles. The van der Waals surface area contributed by atoms with Gasteiger partial charge < -0.3 is 5.32 Å². The van der Waals surface area contributed by atoms with Crippen LogP contribution in [0, 0.1) is 0 Å². The molecule has 0 atom stereocenters. The SMILES string of the molecule is CC(C)c1ccc(S(=O)(=O)NCCC(=O)NN2C(=O)NC3(CCCCC3)C2=O)cc1. The molecule has 2 fully saturated rings. The topological polar surface area (TPSA) is 125 Å². The number of rotatable bonds is 7. The first kappa shape index (κ1) is 22.2. The molecule has 1 spiro atoms. The van der Waals surface area contributed by atoms with Crippen LogP contribution >= 0.6 is 0 Å². The molecule has 1 heterocycles. The van der Waals surface area contributed by atoms with Gasteiger partial charge in [0.2, 0.25) is 15.9 Å². The predicted octanol–water partition coefficient (Wildman–Crippen LogP) is 1.76. The summed E-state index contributed by atoms with van der Waals surface area (Å²) in [5.74, 6) is -0.785. The Morgan fingerprint density at radius 2 is 1.77 bits per heavy atom. The van der Waals surface area contributed by atoms with E-state index in [1.807, 2.05) is 13.8 Å². The lowest BCUT2D eigenvalue weighted by Gasteiger charge is -2.30. The summed E-state index contributed by atoms with van der Waals surface area (Å²) in [6, 6.07) is 5.90. The first-order valence-electron chi connectivity index (χ1n) is 10.2. The Labute approximate surface area is 176 Å². The molecule has 1 aliphatic heterocycles. The highest BCUT2D eigenvalue weighted by molar-refractivity contribution is 7.89. The summed E-state index contributed by atoms with van der Waals surface area (Å²) >= 11 is 0. The van der Waals surface area contributed by atoms with Gasteiger partial charge in [0.25, 0.3) is 5.91 Å². The molecule has 30 heavy (non-hydrogen) atoms. The second-order valence-electron chi connectivity index (χ2n) is 8.12. The van der Waals surface area contributed by atoms with E-state index >= 15 is 0 Å². The molecule has 1 saturated carbocycles. The van der Waals surface area contributed by atoms with Crippen LogP contribution < -0.4 is 15.5 Å². The van der Waals surface area contributed by atoms with Crippen LogP contribution in [-0.2, 0) is 19.6 Å². The molecule has 10 heteroatoms. The third-order valence-electron chi connectivity index (χ3n) is 5.61. The van der Waals surface area contributed by atoms with Gasteiger partial charge in [-0.1, -0.05) is 45.2 Å². The zero-order valence-corrected chi connectivity index (χ0v) is 18.0. The zero-order chi connectivity index (χ0) is 21.9. The number of benzene rings is 1. The van der Waals surface area contributed by atoms with Crippen molar-refractivity contribution in [2.24, 2.45) is 0 Å². The quantitative estimate of drug-likeness (QED) is 0.562. The molecule has 1 aromatic carbocycles. The molecule has 9 nitrogen and oxygen atoms in total. The van der Waals surface area contributed by atoms with E-state index in [1.54, 1.807) is 12.1 Å². The number of sulfonamides is 1. The van der Waals surface area contributed by atoms with Gasteiger partial charge in [0, 0.05) is 13.0 Å². The van der Waals surface area contributed by atoms with Crippen molar-refractivity contribution in [3.05, 3.63) is 29.8 Å². The Kier molecular flexibility index (Phi) is 6.47. The van der Waals surface area contributed by atoms with Gasteiger partial charge in [-0.05, 0) is 36.5 Å². The number of nitrogens with zero attached hydrogens (tertiary/aromatic N) is 1. The molecule has 1 aromatic rings. The fraction of sp³-hybridized carbons (Fsp3) is 0.550. The maximum absolute atomic E-state index is 12.6. The smallest absolute Gasteiger partial charge is 0.322 e. The average molecular weight is 437 g/mol. The molecule has 0 radical (unpaired) electrons. The Morgan fingerprint density at radius 1 is 1.13 bits per heavy atom. The standard InChI is InChI=1S/C20H28N4O5S/c1-14(2)15-6-8-16(9-7-15)30(28,29)21-13-10-17(25)23-24-18(26)20(22-19(24)27)11-4-3-5-12-20/h6-9,14,21H,3-5,10-13H2,1-2H3,(H,22,27)(H,23,25). The number of amides is 4. The van der Waals surface area contributed by atoms with E-state index in [0.717, 1.165) is 24.8 Å². The van der Waals surface area contributed by atoms with Crippen LogP contribution in [0.25, 0.3) is 0 Å². The summed E-state index contributed by atoms with van der Waals surface area (Å²) in [6.45, 7) is 3.87. The highest BCUT2D eigenvalue weighted by Crippen LogP contribution is 2.33. The lowest BCUT2D eigenvalue weighted by Crippen LogP contribution is -2.51. The van der Waals surface area contributed by atoms with Crippen LogP contribution in [0.5, 0.6) is 0 Å². The fourth-order valence-electron chi connectivity index (χ4n) is 3.81. The molecule has 4 amide bonds. The number of carbonyl (C=O) groups excluding carboxylic acids is 3. The highest BCUT2D eigenvalue weighted by Gasteiger charge is 2.52. The Balaban J connectivity index is 1.52. The minimum atomic E-state index is -3.76. The van der Waals surface area contributed by atoms with Crippen LogP contribution in [0.1, 0.15) is 63.9 Å². The maximum Gasteiger partial charge on any atom is 0.344 e. The maximum atomic E-state index is 12.6. The normalized spacial score (nSPS) is 18.7. The molecular formula is C20H28N4O5S. The van der Waals surface area contributed by atoms with Crippen molar-refractivity contribution in [2.75, 3.05) is 6.54 Å². The molecule has 3 N–H and O–H groups in total. The summed E-state index contributed by atoms with van der Waals surface area (Å²) in [7, 11) is -3.76. The van der Waals surface area contributed by atoms with Gasteiger partial charge in [0.05, 0.1) is 4.90 Å². The number of nitrogens with one attached hydrogen (secondary N) is 3. The molecule has 1 aliphatic carbocycles. The lowest BCUT2D eigenvalue weighted by molar-refractivity contribution is -0.139. The van der Waals surface area contributed by atoms with E-state index in [-0.39, 0.29) is 23.8 Å². The molecule has 164 valence electrons. The number of carbonyl (C=O) groups is 3. The van der Waals surface area contributed by atoms with Gasteiger partial charge in [0.1, 0.15) is 5.54 Å². The molecule has 0 unspecified atom stereocenters. The molecule has 0 bridgehead atoms. The van der Waals surface area contributed by atoms with Crippen LogP contribution in [0.3, 0.4) is 0 Å². The Hall–Kier alpha value is -2.46. The van der Waals surface area contributed by atoms with Crippen LogP contribution in [0.4, 0.5) is 4.79 Å². The van der Waals surface area contributed by atoms with E-state index in [2.05, 4.69) is 15.5 Å². The number of urea groups is 1. The van der Waals surface area contributed by atoms with Gasteiger partial charge in [-0.15, -0.1) is 0 Å². The summed E-state index contributed by atoms with van der Waals surface area (Å²) in [5, 5.41) is 3.41. The van der Waals surface area contributed by atoms with E-state index in [0.29, 0.717) is 17.9 Å². The summed E-state index contributed by atoms with van der Waals surface area (Å²) in [5.41, 5.74) is 2.40. The van der Waals surface area contributed by atoms with E-state index < -0.39 is 33.4 Å². The number of hydrogen-bond acceptors (Lipinski definition) is 5. The van der Waals surface area contributed by atoms with Crippen LogP contribution in [-0.4, -0.2) is 43.4 Å². The summed E-state index contributed by atoms with van der Waals surface area (Å²) in [4.78, 5) is 37.1. The first-order chi connectivity index (χ1) is 14.1. The van der Waals surface area contributed by atoms with Crippen molar-refractivity contribution in [1.29, 1.82) is 0 Å². The van der Waals surface area contributed by atoms with Crippen molar-refractivity contribution in [3.8, 4) is 0 Å². The van der Waals surface area contributed by atoms with Crippen LogP contribution in [0.15, 0.2) is 29.2 Å². The fourth-order valence-corrected chi connectivity index (χ4v) is 4.84. The predicted molar refractivity (Wildman–Crippen MR) is 110 cm³/mol. The van der Waals surface area contributed by atoms with Gasteiger partial charge in [-0.3, -0.25) is 15.0 Å². The Morgan fingerprint density at radius 3 is 2.37 bits per heavy atom. The van der Waals surface area contributed by atoms with E-state index in [4.69, 9.17) is 0 Å². The number of imide groups is 1. The van der Waals surface area contributed by atoms with Crippen molar-refractivity contribution in [1.82, 2.24) is 20.5 Å². The first-order valence-corrected chi connectivity index (χ1v) is 11.7. The average Bonchev–Trinajstić information content (AvgIpc) is 2.92. The monoisotopic (exact) mass is 436 g/mol. The number of hydrazine groups is 1. The minimum Gasteiger partial charge on any atom is -0.322 e. The van der Waals surface area contributed by atoms with Gasteiger partial charge in [-0.2, -0.15) is 5.01 Å². The van der Waals surface area contributed by atoms with Crippen molar-refractivity contribution in [3.63, 3.8) is 0 Å². The van der Waals surface area contributed by atoms with Gasteiger partial charge >= 0.3 is 6.03 Å². The summed E-state index contributed by atoms with van der Waals surface area (Å²) in [6.07, 6.45) is 3.59. The molecule has 3 rings (SSSR count). The van der Waals surface area contributed by atoms with Crippen molar-refractivity contribution >= 4 is 27.9 Å². The highest BCUT2D eigenvalue weighted by atomic mass is 32.2. The third kappa shape index (κ3) is 4.65. The second kappa shape index (κ2) is 8.73. The third-order valence-corrected chi connectivity index (χ3v) is 7.08. The molecular weight excluding hydrogens is 408 g/mol. The number of hydrogen-bond donors (Lipinski definition) is 3. The zero-order valence-electron chi connectivity index (χ0n) is 17.2. The minimum absolute atomic E-state index is 0.112. The van der Waals surface area contributed by atoms with E-state index in [1.165, 1.54) is 12.1 Å². The van der Waals surface area contributed by atoms with Gasteiger partial charge in [0.15, 0.2) is 0 Å². The van der Waals surface area contributed by atoms with Crippen molar-refractivity contribution < 1.29 is 22.8 Å². The van der Waals surface area contributed by atoms with Gasteiger partial charge in [-0.25, -0.2) is 17.9 Å². The van der Waals surface area contributed by atoms with Crippen molar-refractivity contribution in [2.45, 2.75) is 68.7 Å². The van der Waals surface area contributed by atoms with E-state index in [9.17, 15) is 22.8 Å². The summed E-state index contributed by atoms with van der Waals surface area (Å²) < 4.78 is 27.1. The largest absolute Gasteiger partial charge is 0.344 e. The lowest BCUT2D eigenvalue weighted by atomic mass is 9.82. The second-order valence-corrected chi connectivity index (χ2v) is 9.89.